The third kappa shape index (κ3) is 3.07. The molecule has 0 N–H and O–H groups in total. The van der Waals surface area contributed by atoms with E-state index in [-0.39, 0.29) is 11.5 Å². The lowest BCUT2D eigenvalue weighted by atomic mass is 10.2. The van der Waals surface area contributed by atoms with Crippen LogP contribution in [0.15, 0.2) is 33.8 Å². The number of nitrogens with zero attached hydrogens (tertiary/aromatic N) is 3. The van der Waals surface area contributed by atoms with Gasteiger partial charge < -0.3 is 9.15 Å². The fourth-order valence-corrected chi connectivity index (χ4v) is 1.66. The molecule has 0 aliphatic rings. The molecule has 2 heterocycles. The fraction of sp³-hybridized carbons (Fsp3) is 0.231. The summed E-state index contributed by atoms with van der Waals surface area (Å²) in [4.78, 5) is 18.4. The molecule has 2 rings (SSSR count). The Hall–Kier alpha value is -2.54. The zero-order valence-corrected chi connectivity index (χ0v) is 11.1. The van der Waals surface area contributed by atoms with Crippen LogP contribution in [-0.4, -0.2) is 23.2 Å². The number of methoxy groups -OCH3 is 1. The highest BCUT2D eigenvalue weighted by Gasteiger charge is 2.17. The molecule has 0 radical (unpaired) electrons. The second-order valence-corrected chi connectivity index (χ2v) is 4.05. The van der Waals surface area contributed by atoms with Gasteiger partial charge in [0.2, 0.25) is 5.82 Å². The van der Waals surface area contributed by atoms with Crippen molar-refractivity contribution in [1.29, 1.82) is 0 Å². The van der Waals surface area contributed by atoms with E-state index in [4.69, 9.17) is 9.15 Å². The zero-order valence-electron chi connectivity index (χ0n) is 11.1. The van der Waals surface area contributed by atoms with Crippen molar-refractivity contribution in [3.8, 4) is 0 Å². The first-order valence-corrected chi connectivity index (χ1v) is 5.83. The van der Waals surface area contributed by atoms with E-state index >= 15 is 0 Å². The van der Waals surface area contributed by atoms with Crippen molar-refractivity contribution in [3.63, 3.8) is 0 Å². The molecule has 0 aliphatic carbocycles. The number of ether oxygens (including phenoxy) is 1. The van der Waals surface area contributed by atoms with Gasteiger partial charge in [-0.25, -0.2) is 9.98 Å². The van der Waals surface area contributed by atoms with Crippen molar-refractivity contribution >= 4 is 17.7 Å². The number of nitro groups is 1. The van der Waals surface area contributed by atoms with Crippen LogP contribution in [0.1, 0.15) is 17.1 Å². The van der Waals surface area contributed by atoms with Crippen LogP contribution in [-0.2, 0) is 11.3 Å². The Morgan fingerprint density at radius 1 is 1.50 bits per heavy atom. The van der Waals surface area contributed by atoms with E-state index in [2.05, 4.69) is 9.98 Å². The summed E-state index contributed by atoms with van der Waals surface area (Å²) < 4.78 is 10.3. The van der Waals surface area contributed by atoms with Crippen LogP contribution in [0, 0.1) is 17.0 Å². The SMILES string of the molecule is COCc1ccc(C=Nc2nccc(C)c2[N+](=O)[O-])o1. The second-order valence-electron chi connectivity index (χ2n) is 4.05. The maximum Gasteiger partial charge on any atom is 0.316 e. The summed E-state index contributed by atoms with van der Waals surface area (Å²) in [7, 11) is 1.57. The molecule has 7 nitrogen and oxygen atoms in total. The Morgan fingerprint density at radius 2 is 2.30 bits per heavy atom. The van der Waals surface area contributed by atoms with Crippen molar-refractivity contribution < 1.29 is 14.1 Å². The molecule has 104 valence electrons. The van der Waals surface area contributed by atoms with Gasteiger partial charge in [0.1, 0.15) is 18.1 Å². The number of rotatable bonds is 5. The van der Waals surface area contributed by atoms with Crippen LogP contribution in [0.25, 0.3) is 0 Å². The minimum atomic E-state index is -0.493. The molecular weight excluding hydrogens is 262 g/mol. The van der Waals surface area contributed by atoms with Crippen LogP contribution in [0.5, 0.6) is 0 Å². The number of pyridine rings is 1. The van der Waals surface area contributed by atoms with E-state index < -0.39 is 4.92 Å². The Bertz CT molecular complexity index is 649. The van der Waals surface area contributed by atoms with Crippen molar-refractivity contribution in [3.05, 3.63) is 51.6 Å². The van der Waals surface area contributed by atoms with E-state index in [1.165, 1.54) is 12.4 Å². The summed E-state index contributed by atoms with van der Waals surface area (Å²) in [5.41, 5.74) is 0.407. The van der Waals surface area contributed by atoms with Gasteiger partial charge in [-0.3, -0.25) is 10.1 Å². The summed E-state index contributed by atoms with van der Waals surface area (Å²) in [6.45, 7) is 2.00. The molecule has 0 bridgehead atoms. The van der Waals surface area contributed by atoms with Crippen molar-refractivity contribution in [2.75, 3.05) is 7.11 Å². The van der Waals surface area contributed by atoms with Crippen molar-refractivity contribution in [2.24, 2.45) is 4.99 Å². The Morgan fingerprint density at radius 3 is 3.00 bits per heavy atom. The highest BCUT2D eigenvalue weighted by molar-refractivity contribution is 5.79. The number of furan rings is 1. The quantitative estimate of drug-likeness (QED) is 0.475. The highest BCUT2D eigenvalue weighted by atomic mass is 16.6. The predicted octanol–water partition coefficient (Wildman–Crippen LogP) is 2.79. The van der Waals surface area contributed by atoms with Crippen LogP contribution in [0.3, 0.4) is 0 Å². The van der Waals surface area contributed by atoms with Crippen LogP contribution >= 0.6 is 0 Å². The second kappa shape index (κ2) is 6.07. The van der Waals surface area contributed by atoms with Crippen LogP contribution in [0.4, 0.5) is 11.5 Å². The van der Waals surface area contributed by atoms with E-state index in [0.29, 0.717) is 23.7 Å². The van der Waals surface area contributed by atoms with Gasteiger partial charge in [0.15, 0.2) is 0 Å². The predicted molar refractivity (Wildman–Crippen MR) is 72.3 cm³/mol. The summed E-state index contributed by atoms with van der Waals surface area (Å²) >= 11 is 0. The fourth-order valence-electron chi connectivity index (χ4n) is 1.66. The smallest absolute Gasteiger partial charge is 0.316 e. The lowest BCUT2D eigenvalue weighted by Gasteiger charge is -1.98. The molecule has 0 unspecified atom stereocenters. The van der Waals surface area contributed by atoms with E-state index in [1.807, 2.05) is 0 Å². The molecule has 20 heavy (non-hydrogen) atoms. The standard InChI is InChI=1S/C13H13N3O4/c1-9-5-6-14-13(12(9)16(17)18)15-7-10-3-4-11(20-10)8-19-2/h3-7H,8H2,1-2H3. The zero-order chi connectivity index (χ0) is 14.5. The van der Waals surface area contributed by atoms with Crippen molar-refractivity contribution in [2.45, 2.75) is 13.5 Å². The molecule has 0 saturated heterocycles. The minimum absolute atomic E-state index is 0.0553. The maximum absolute atomic E-state index is 11.0. The molecule has 2 aromatic rings. The lowest BCUT2D eigenvalue weighted by Crippen LogP contribution is -1.94. The van der Waals surface area contributed by atoms with Gasteiger partial charge in [-0.1, -0.05) is 0 Å². The van der Waals surface area contributed by atoms with Gasteiger partial charge in [-0.2, -0.15) is 0 Å². The highest BCUT2D eigenvalue weighted by Crippen LogP contribution is 2.27. The van der Waals surface area contributed by atoms with E-state index in [9.17, 15) is 10.1 Å². The monoisotopic (exact) mass is 275 g/mol. The molecular formula is C13H13N3O4. The molecule has 7 heteroatoms. The van der Waals surface area contributed by atoms with Gasteiger partial charge in [0.05, 0.1) is 11.1 Å². The van der Waals surface area contributed by atoms with Gasteiger partial charge >= 0.3 is 5.69 Å². The van der Waals surface area contributed by atoms with Crippen LogP contribution in [0.2, 0.25) is 0 Å². The number of hydrogen-bond donors (Lipinski definition) is 0. The third-order valence-electron chi connectivity index (χ3n) is 2.57. The van der Waals surface area contributed by atoms with Crippen LogP contribution < -0.4 is 0 Å². The normalized spacial score (nSPS) is 11.1. The maximum atomic E-state index is 11.0. The number of hydrogen-bond acceptors (Lipinski definition) is 6. The van der Waals surface area contributed by atoms with Gasteiger partial charge in [-0.05, 0) is 25.1 Å². The molecule has 0 atom stereocenters. The molecule has 0 fully saturated rings. The third-order valence-corrected chi connectivity index (χ3v) is 2.57. The van der Waals surface area contributed by atoms with Gasteiger partial charge in [0.25, 0.3) is 0 Å². The summed E-state index contributed by atoms with van der Waals surface area (Å²) in [5.74, 6) is 1.19. The minimum Gasteiger partial charge on any atom is -0.458 e. The number of aromatic nitrogens is 1. The first kappa shape index (κ1) is 13.9. The first-order valence-electron chi connectivity index (χ1n) is 5.83. The van der Waals surface area contributed by atoms with Gasteiger partial charge in [-0.15, -0.1) is 0 Å². The summed E-state index contributed by atoms with van der Waals surface area (Å²) in [5, 5.41) is 11.0. The Labute approximate surface area is 115 Å². The molecule has 0 aromatic carbocycles. The molecule has 0 aliphatic heterocycles. The molecule has 0 amide bonds. The topological polar surface area (TPSA) is 90.8 Å². The van der Waals surface area contributed by atoms with Crippen molar-refractivity contribution in [1.82, 2.24) is 4.98 Å². The average Bonchev–Trinajstić information content (AvgIpc) is 2.84. The first-order chi connectivity index (χ1) is 9.61. The average molecular weight is 275 g/mol. The molecule has 2 aromatic heterocycles. The molecule has 0 saturated carbocycles. The number of aliphatic imine (C=N–C) groups is 1. The van der Waals surface area contributed by atoms with E-state index in [0.717, 1.165) is 0 Å². The summed E-state index contributed by atoms with van der Waals surface area (Å²) in [6, 6.07) is 5.03. The Kier molecular flexibility index (Phi) is 4.21. The molecule has 0 spiro atoms. The van der Waals surface area contributed by atoms with Gasteiger partial charge in [0, 0.05) is 18.9 Å². The van der Waals surface area contributed by atoms with E-state index in [1.54, 1.807) is 32.2 Å². The largest absolute Gasteiger partial charge is 0.458 e. The number of aryl methyl sites for hydroxylation is 1. The Balaban J connectivity index is 2.26. The summed E-state index contributed by atoms with van der Waals surface area (Å²) in [6.07, 6.45) is 2.88. The lowest BCUT2D eigenvalue weighted by molar-refractivity contribution is -0.384.